The van der Waals surface area contributed by atoms with Crippen molar-refractivity contribution in [3.05, 3.63) is 23.8 Å². The van der Waals surface area contributed by atoms with Crippen LogP contribution < -0.4 is 14.8 Å². The fourth-order valence-corrected chi connectivity index (χ4v) is 3.75. The molecule has 2 heterocycles. The normalized spacial score (nSPS) is 20.5. The van der Waals surface area contributed by atoms with Crippen LogP contribution in [0.5, 0.6) is 11.5 Å². The lowest BCUT2D eigenvalue weighted by atomic mass is 10.1. The van der Waals surface area contributed by atoms with Gasteiger partial charge >= 0.3 is 0 Å². The average Bonchev–Trinajstić information content (AvgIpc) is 3.38. The van der Waals surface area contributed by atoms with Gasteiger partial charge in [0.15, 0.2) is 17.5 Å². The molecule has 0 bridgehead atoms. The van der Waals surface area contributed by atoms with E-state index in [0.29, 0.717) is 6.79 Å². The summed E-state index contributed by atoms with van der Waals surface area (Å²) in [5.41, 5.74) is 1.28. The van der Waals surface area contributed by atoms with Gasteiger partial charge in [0.25, 0.3) is 0 Å². The lowest BCUT2D eigenvalue weighted by Gasteiger charge is -2.36. The monoisotopic (exact) mass is 358 g/mol. The Balaban J connectivity index is 1.21. The number of ether oxygens (including phenoxy) is 2. The maximum atomic E-state index is 5.48. The predicted molar refractivity (Wildman–Crippen MR) is 103 cm³/mol. The third-order valence-electron chi connectivity index (χ3n) is 5.50. The summed E-state index contributed by atoms with van der Waals surface area (Å²) in [5.74, 6) is 3.80. The molecule has 1 aromatic rings. The van der Waals surface area contributed by atoms with Crippen molar-refractivity contribution in [2.75, 3.05) is 46.6 Å². The highest BCUT2D eigenvalue weighted by Gasteiger charge is 2.22. The molecule has 6 heteroatoms. The van der Waals surface area contributed by atoms with Crippen LogP contribution in [0.3, 0.4) is 0 Å². The van der Waals surface area contributed by atoms with Gasteiger partial charge in [-0.3, -0.25) is 9.89 Å². The summed E-state index contributed by atoms with van der Waals surface area (Å²) in [5, 5.41) is 3.54. The maximum Gasteiger partial charge on any atom is 0.231 e. The fraction of sp³-hybridized carbons (Fsp3) is 0.650. The van der Waals surface area contributed by atoms with Crippen LogP contribution in [0.15, 0.2) is 23.2 Å². The van der Waals surface area contributed by atoms with Gasteiger partial charge in [-0.2, -0.15) is 0 Å². The number of nitrogens with zero attached hydrogens (tertiary/aromatic N) is 3. The Morgan fingerprint density at radius 3 is 2.73 bits per heavy atom. The summed E-state index contributed by atoms with van der Waals surface area (Å²) in [7, 11) is 1.89. The van der Waals surface area contributed by atoms with Crippen molar-refractivity contribution in [2.45, 2.75) is 32.2 Å². The molecule has 3 aliphatic rings. The van der Waals surface area contributed by atoms with Gasteiger partial charge in [0.2, 0.25) is 6.79 Å². The number of benzene rings is 1. The molecule has 6 nitrogen and oxygen atoms in total. The molecule has 1 aromatic carbocycles. The first-order chi connectivity index (χ1) is 12.8. The molecule has 0 aromatic heterocycles. The molecule has 0 amide bonds. The zero-order valence-corrected chi connectivity index (χ0v) is 15.7. The lowest BCUT2D eigenvalue weighted by Crippen LogP contribution is -2.52. The number of nitrogens with one attached hydrogen (secondary N) is 1. The summed E-state index contributed by atoms with van der Waals surface area (Å²) >= 11 is 0. The molecular weight excluding hydrogens is 328 g/mol. The van der Waals surface area contributed by atoms with E-state index in [4.69, 9.17) is 9.47 Å². The molecule has 4 rings (SSSR count). The van der Waals surface area contributed by atoms with Crippen molar-refractivity contribution in [3.8, 4) is 11.5 Å². The minimum Gasteiger partial charge on any atom is -0.454 e. The minimum atomic E-state index is 0.338. The Morgan fingerprint density at radius 2 is 1.96 bits per heavy atom. The second-order valence-corrected chi connectivity index (χ2v) is 7.51. The summed E-state index contributed by atoms with van der Waals surface area (Å²) in [6.07, 6.45) is 5.52. The number of aliphatic imine (C=N–C) groups is 1. The van der Waals surface area contributed by atoms with Crippen LogP contribution in [0.4, 0.5) is 0 Å². The molecule has 1 N–H and O–H groups in total. The highest BCUT2D eigenvalue weighted by Crippen LogP contribution is 2.33. The summed E-state index contributed by atoms with van der Waals surface area (Å²) < 4.78 is 10.9. The van der Waals surface area contributed by atoms with Gasteiger partial charge in [-0.1, -0.05) is 18.9 Å². The molecule has 1 saturated carbocycles. The molecule has 0 spiro atoms. The van der Waals surface area contributed by atoms with Crippen molar-refractivity contribution in [2.24, 2.45) is 10.9 Å². The second-order valence-electron chi connectivity index (χ2n) is 7.51. The van der Waals surface area contributed by atoms with Gasteiger partial charge in [0, 0.05) is 46.3 Å². The largest absolute Gasteiger partial charge is 0.454 e. The third kappa shape index (κ3) is 4.41. The summed E-state index contributed by atoms with van der Waals surface area (Å²) in [4.78, 5) is 9.35. The van der Waals surface area contributed by atoms with Gasteiger partial charge < -0.3 is 19.7 Å². The first-order valence-electron chi connectivity index (χ1n) is 9.88. The molecule has 2 aliphatic heterocycles. The van der Waals surface area contributed by atoms with E-state index >= 15 is 0 Å². The zero-order valence-electron chi connectivity index (χ0n) is 15.7. The molecule has 0 unspecified atom stereocenters. The van der Waals surface area contributed by atoms with E-state index in [1.807, 2.05) is 13.1 Å². The smallest absolute Gasteiger partial charge is 0.231 e. The van der Waals surface area contributed by atoms with Crippen molar-refractivity contribution < 1.29 is 9.47 Å². The Morgan fingerprint density at radius 1 is 1.15 bits per heavy atom. The van der Waals surface area contributed by atoms with Crippen LogP contribution in [0, 0.1) is 5.92 Å². The Bertz CT molecular complexity index is 637. The van der Waals surface area contributed by atoms with Crippen LogP contribution in [0.1, 0.15) is 31.2 Å². The minimum absolute atomic E-state index is 0.338. The molecule has 0 atom stereocenters. The molecule has 142 valence electrons. The van der Waals surface area contributed by atoms with Crippen LogP contribution in [-0.2, 0) is 6.54 Å². The molecule has 26 heavy (non-hydrogen) atoms. The molecule has 0 radical (unpaired) electrons. The van der Waals surface area contributed by atoms with Crippen molar-refractivity contribution >= 4 is 5.96 Å². The van der Waals surface area contributed by atoms with E-state index in [2.05, 4.69) is 32.2 Å². The highest BCUT2D eigenvalue weighted by atomic mass is 16.7. The second kappa shape index (κ2) is 8.16. The number of rotatable bonds is 6. The van der Waals surface area contributed by atoms with Crippen molar-refractivity contribution in [1.29, 1.82) is 0 Å². The van der Waals surface area contributed by atoms with Crippen molar-refractivity contribution in [3.63, 3.8) is 0 Å². The first-order valence-corrected chi connectivity index (χ1v) is 9.88. The van der Waals surface area contributed by atoms with Crippen molar-refractivity contribution in [1.82, 2.24) is 15.1 Å². The van der Waals surface area contributed by atoms with E-state index in [0.717, 1.165) is 62.6 Å². The van der Waals surface area contributed by atoms with Crippen LogP contribution in [0.25, 0.3) is 0 Å². The van der Waals surface area contributed by atoms with Crippen LogP contribution in [-0.4, -0.2) is 62.3 Å². The van der Waals surface area contributed by atoms with E-state index in [1.165, 1.54) is 31.2 Å². The molecule has 1 aliphatic carbocycles. The third-order valence-corrected chi connectivity index (χ3v) is 5.50. The quantitative estimate of drug-likeness (QED) is 0.480. The fourth-order valence-electron chi connectivity index (χ4n) is 3.75. The van der Waals surface area contributed by atoms with Gasteiger partial charge in [-0.25, -0.2) is 0 Å². The lowest BCUT2D eigenvalue weighted by molar-refractivity contribution is 0.171. The van der Waals surface area contributed by atoms with E-state index < -0.39 is 0 Å². The Labute approximate surface area is 156 Å². The topological polar surface area (TPSA) is 49.3 Å². The number of hydrogen-bond donors (Lipinski definition) is 1. The Kier molecular flexibility index (Phi) is 5.48. The standard InChI is InChI=1S/C20H30N4O2/c1-21-20(22-8-2-3-16-4-5-16)24-11-9-23(10-12-24)14-17-6-7-18-19(13-17)26-15-25-18/h6-7,13,16H,2-5,8-12,14-15H2,1H3,(H,21,22). The van der Waals surface area contributed by atoms with E-state index in [1.54, 1.807) is 0 Å². The summed E-state index contributed by atoms with van der Waals surface area (Å²) in [6.45, 7) is 6.48. The van der Waals surface area contributed by atoms with Crippen LogP contribution in [0.2, 0.25) is 0 Å². The number of hydrogen-bond acceptors (Lipinski definition) is 4. The van der Waals surface area contributed by atoms with E-state index in [9.17, 15) is 0 Å². The first kappa shape index (κ1) is 17.5. The van der Waals surface area contributed by atoms with Gasteiger partial charge in [-0.15, -0.1) is 0 Å². The van der Waals surface area contributed by atoms with Gasteiger partial charge in [0.1, 0.15) is 0 Å². The summed E-state index contributed by atoms with van der Waals surface area (Å²) in [6, 6.07) is 6.26. The van der Waals surface area contributed by atoms with Crippen LogP contribution >= 0.6 is 0 Å². The maximum absolute atomic E-state index is 5.48. The SMILES string of the molecule is CN=C(NCCCC1CC1)N1CCN(Cc2ccc3c(c2)OCO3)CC1. The van der Waals surface area contributed by atoms with E-state index in [-0.39, 0.29) is 0 Å². The van der Waals surface area contributed by atoms with Gasteiger partial charge in [-0.05, 0) is 36.5 Å². The van der Waals surface area contributed by atoms with Gasteiger partial charge in [0.05, 0.1) is 0 Å². The highest BCUT2D eigenvalue weighted by molar-refractivity contribution is 5.79. The number of guanidine groups is 1. The molecule has 1 saturated heterocycles. The Hall–Kier alpha value is -1.95. The predicted octanol–water partition coefficient (Wildman–Crippen LogP) is 2.30. The number of fused-ring (bicyclic) bond motifs is 1. The number of piperazine rings is 1. The average molecular weight is 358 g/mol. The zero-order chi connectivity index (χ0) is 17.8. The molecule has 2 fully saturated rings. The molecular formula is C20H30N4O2.